The molecule has 0 aliphatic carbocycles. The van der Waals surface area contributed by atoms with Gasteiger partial charge in [0.25, 0.3) is 0 Å². The molecule has 0 aliphatic heterocycles. The SMILES string of the molecule is CC(C)CC(N)C(=O)NC(C)C(=O)NC(CS)C(=O)NC(Cc1c[nH]c2ccccc12)C(=O)O. The third-order valence-corrected chi connectivity index (χ3v) is 5.71. The number of hydrogen-bond acceptors (Lipinski definition) is 6. The van der Waals surface area contributed by atoms with Gasteiger partial charge in [-0.1, -0.05) is 32.0 Å². The van der Waals surface area contributed by atoms with Crippen molar-refractivity contribution in [2.24, 2.45) is 11.7 Å². The van der Waals surface area contributed by atoms with E-state index in [4.69, 9.17) is 5.73 Å². The van der Waals surface area contributed by atoms with Crippen LogP contribution >= 0.6 is 12.6 Å². The van der Waals surface area contributed by atoms with Gasteiger partial charge in [-0.3, -0.25) is 14.4 Å². The van der Waals surface area contributed by atoms with Crippen LogP contribution < -0.4 is 21.7 Å². The summed E-state index contributed by atoms with van der Waals surface area (Å²) < 4.78 is 0. The molecule has 0 saturated heterocycles. The number of carbonyl (C=O) groups is 4. The number of rotatable bonds is 12. The zero-order valence-corrected chi connectivity index (χ0v) is 20.4. The van der Waals surface area contributed by atoms with E-state index < -0.39 is 47.9 Å². The average Bonchev–Trinajstić information content (AvgIpc) is 3.18. The number of aliphatic carboxylic acids is 1. The first kappa shape index (κ1) is 27.2. The molecule has 1 aromatic heterocycles. The van der Waals surface area contributed by atoms with Gasteiger partial charge in [0.15, 0.2) is 0 Å². The number of nitrogens with two attached hydrogens (primary N) is 1. The number of aromatic amines is 1. The zero-order valence-electron chi connectivity index (χ0n) is 19.5. The smallest absolute Gasteiger partial charge is 0.326 e. The lowest BCUT2D eigenvalue weighted by Crippen LogP contribution is -2.57. The van der Waals surface area contributed by atoms with Gasteiger partial charge in [0.1, 0.15) is 18.1 Å². The third kappa shape index (κ3) is 7.49. The van der Waals surface area contributed by atoms with Crippen molar-refractivity contribution in [1.29, 1.82) is 0 Å². The van der Waals surface area contributed by atoms with Crippen molar-refractivity contribution in [3.63, 3.8) is 0 Å². The number of thiol groups is 1. The minimum Gasteiger partial charge on any atom is -0.480 e. The van der Waals surface area contributed by atoms with Crippen molar-refractivity contribution in [2.75, 3.05) is 5.75 Å². The first-order valence-electron chi connectivity index (χ1n) is 11.1. The second-order valence-electron chi connectivity index (χ2n) is 8.67. The highest BCUT2D eigenvalue weighted by Gasteiger charge is 2.28. The molecule has 4 atom stereocenters. The molecule has 3 amide bonds. The van der Waals surface area contributed by atoms with Gasteiger partial charge in [-0.15, -0.1) is 0 Å². The van der Waals surface area contributed by atoms with E-state index in [-0.39, 0.29) is 18.1 Å². The fraction of sp³-hybridized carbons (Fsp3) is 0.478. The van der Waals surface area contributed by atoms with Crippen LogP contribution in [0.2, 0.25) is 0 Å². The molecule has 7 N–H and O–H groups in total. The molecular formula is C23H33N5O5S. The second-order valence-corrected chi connectivity index (χ2v) is 9.04. The first-order chi connectivity index (χ1) is 16.0. The lowest BCUT2D eigenvalue weighted by molar-refractivity contribution is -0.142. The van der Waals surface area contributed by atoms with Gasteiger partial charge in [0.2, 0.25) is 17.7 Å². The number of amides is 3. The summed E-state index contributed by atoms with van der Waals surface area (Å²) in [6, 6.07) is 3.44. The molecule has 10 nitrogen and oxygen atoms in total. The molecule has 1 heterocycles. The Balaban J connectivity index is 1.99. The summed E-state index contributed by atoms with van der Waals surface area (Å²) in [5, 5.41) is 18.0. The van der Waals surface area contributed by atoms with Crippen LogP contribution in [0, 0.1) is 5.92 Å². The Kier molecular flexibility index (Phi) is 9.94. The number of para-hydroxylation sites is 1. The van der Waals surface area contributed by atoms with Gasteiger partial charge in [-0.05, 0) is 30.9 Å². The number of hydrogen-bond donors (Lipinski definition) is 7. The Bertz CT molecular complexity index is 1020. The van der Waals surface area contributed by atoms with E-state index in [9.17, 15) is 24.3 Å². The summed E-state index contributed by atoms with van der Waals surface area (Å²) in [4.78, 5) is 52.3. The van der Waals surface area contributed by atoms with Crippen molar-refractivity contribution in [2.45, 2.75) is 57.8 Å². The highest BCUT2D eigenvalue weighted by molar-refractivity contribution is 7.80. The summed E-state index contributed by atoms with van der Waals surface area (Å²) in [5.41, 5.74) is 7.44. The molecule has 4 unspecified atom stereocenters. The van der Waals surface area contributed by atoms with Crippen LogP contribution in [-0.4, -0.2) is 63.7 Å². The Morgan fingerprint density at radius 3 is 2.26 bits per heavy atom. The average molecular weight is 492 g/mol. The Morgan fingerprint density at radius 1 is 1.00 bits per heavy atom. The highest BCUT2D eigenvalue weighted by Crippen LogP contribution is 2.19. The number of carboxylic acid groups (broad SMARTS) is 1. The summed E-state index contributed by atoms with van der Waals surface area (Å²) in [5.74, 6) is -2.82. The molecular weight excluding hydrogens is 458 g/mol. The molecule has 0 fully saturated rings. The maximum Gasteiger partial charge on any atom is 0.326 e. The largest absolute Gasteiger partial charge is 0.480 e. The fourth-order valence-corrected chi connectivity index (χ4v) is 3.74. The molecule has 34 heavy (non-hydrogen) atoms. The van der Waals surface area contributed by atoms with Gasteiger partial charge < -0.3 is 31.8 Å². The lowest BCUT2D eigenvalue weighted by Gasteiger charge is -2.23. The van der Waals surface area contributed by atoms with Crippen molar-refractivity contribution >= 4 is 47.2 Å². The van der Waals surface area contributed by atoms with Gasteiger partial charge >= 0.3 is 5.97 Å². The van der Waals surface area contributed by atoms with E-state index in [0.717, 1.165) is 16.5 Å². The summed E-state index contributed by atoms with van der Waals surface area (Å²) in [7, 11) is 0. The van der Waals surface area contributed by atoms with Crippen LogP contribution in [0.25, 0.3) is 10.9 Å². The van der Waals surface area contributed by atoms with E-state index in [2.05, 4.69) is 33.6 Å². The Labute approximate surface area is 203 Å². The maximum atomic E-state index is 12.7. The molecule has 0 bridgehead atoms. The van der Waals surface area contributed by atoms with Crippen molar-refractivity contribution in [3.05, 3.63) is 36.0 Å². The van der Waals surface area contributed by atoms with Gasteiger partial charge in [-0.25, -0.2) is 4.79 Å². The van der Waals surface area contributed by atoms with Crippen molar-refractivity contribution in [1.82, 2.24) is 20.9 Å². The van der Waals surface area contributed by atoms with Crippen LogP contribution in [-0.2, 0) is 25.6 Å². The number of carboxylic acids is 1. The minimum absolute atomic E-state index is 0.0541. The maximum absolute atomic E-state index is 12.7. The number of nitrogens with one attached hydrogen (secondary N) is 4. The van der Waals surface area contributed by atoms with E-state index in [1.165, 1.54) is 6.92 Å². The van der Waals surface area contributed by atoms with Gasteiger partial charge in [-0.2, -0.15) is 12.6 Å². The van der Waals surface area contributed by atoms with E-state index in [1.807, 2.05) is 38.1 Å². The molecule has 1 aromatic carbocycles. The third-order valence-electron chi connectivity index (χ3n) is 5.34. The van der Waals surface area contributed by atoms with Crippen LogP contribution in [0.15, 0.2) is 30.5 Å². The monoisotopic (exact) mass is 491 g/mol. The van der Waals surface area contributed by atoms with Crippen LogP contribution in [0.1, 0.15) is 32.8 Å². The molecule has 0 aliphatic rings. The Hall–Kier alpha value is -3.05. The molecule has 0 radical (unpaired) electrons. The predicted octanol–water partition coefficient (Wildman–Crippen LogP) is 0.573. The van der Waals surface area contributed by atoms with Gasteiger partial charge in [0, 0.05) is 29.3 Å². The number of aromatic nitrogens is 1. The summed E-state index contributed by atoms with van der Waals surface area (Å²) in [6.07, 6.45) is 2.23. The normalized spacial score (nSPS) is 14.8. The molecule has 0 spiro atoms. The van der Waals surface area contributed by atoms with Crippen LogP contribution in [0.3, 0.4) is 0 Å². The van der Waals surface area contributed by atoms with E-state index >= 15 is 0 Å². The summed E-state index contributed by atoms with van der Waals surface area (Å²) >= 11 is 4.11. The number of fused-ring (bicyclic) bond motifs is 1. The molecule has 2 aromatic rings. The zero-order chi connectivity index (χ0) is 25.4. The molecule has 0 saturated carbocycles. The number of H-pyrrole nitrogens is 1. The lowest BCUT2D eigenvalue weighted by atomic mass is 10.0. The fourth-order valence-electron chi connectivity index (χ4n) is 3.48. The van der Waals surface area contributed by atoms with Crippen LogP contribution in [0.4, 0.5) is 0 Å². The van der Waals surface area contributed by atoms with Crippen molar-refractivity contribution < 1.29 is 24.3 Å². The molecule has 186 valence electrons. The minimum atomic E-state index is -1.21. The quantitative estimate of drug-likeness (QED) is 0.214. The summed E-state index contributed by atoms with van der Waals surface area (Å²) in [6.45, 7) is 5.34. The highest BCUT2D eigenvalue weighted by atomic mass is 32.1. The van der Waals surface area contributed by atoms with Gasteiger partial charge in [0.05, 0.1) is 6.04 Å². The topological polar surface area (TPSA) is 166 Å². The van der Waals surface area contributed by atoms with E-state index in [1.54, 1.807) is 6.20 Å². The number of carbonyl (C=O) groups excluding carboxylic acids is 3. The van der Waals surface area contributed by atoms with Crippen LogP contribution in [0.5, 0.6) is 0 Å². The Morgan fingerprint density at radius 2 is 1.65 bits per heavy atom. The standard InChI is InChI=1S/C23H33N5O5S/c1-12(2)8-16(24)21(30)26-13(3)20(29)28-19(11-34)22(31)27-18(23(32)33)9-14-10-25-17-7-5-4-6-15(14)17/h4-7,10,12-13,16,18-19,25,34H,8-9,11,24H2,1-3H3,(H,26,30)(H,27,31)(H,28,29)(H,32,33). The van der Waals surface area contributed by atoms with Crippen molar-refractivity contribution in [3.8, 4) is 0 Å². The second kappa shape index (κ2) is 12.4. The number of benzene rings is 1. The molecule has 11 heteroatoms. The molecule has 2 rings (SSSR count). The predicted molar refractivity (Wildman–Crippen MR) is 132 cm³/mol. The van der Waals surface area contributed by atoms with E-state index in [0.29, 0.717) is 6.42 Å². The first-order valence-corrected chi connectivity index (χ1v) is 11.7.